The van der Waals surface area contributed by atoms with Gasteiger partial charge in [0.05, 0.1) is 0 Å². The second-order valence-corrected chi connectivity index (χ2v) is 10.3. The zero-order chi connectivity index (χ0) is 21.9. The Balaban J connectivity index is 0.00000341. The number of likely N-dealkylation sites (tertiary alicyclic amines) is 1. The second-order valence-electron chi connectivity index (χ2n) is 9.90. The molecule has 1 aromatic rings. The Morgan fingerprint density at radius 3 is 2.42 bits per heavy atom. The molecule has 0 radical (unpaired) electrons. The predicted octanol–water partition coefficient (Wildman–Crippen LogP) is 4.35. The fourth-order valence-electron chi connectivity index (χ4n) is 4.90. The number of piperidine rings is 1. The van der Waals surface area contributed by atoms with Gasteiger partial charge < -0.3 is 15.7 Å². The minimum Gasteiger partial charge on any atom is -0.412 e. The normalized spacial score (nSPS) is 23.4. The zero-order valence-electron chi connectivity index (χ0n) is 19.2. The van der Waals surface area contributed by atoms with E-state index in [2.05, 4.69) is 43.4 Å². The van der Waals surface area contributed by atoms with Gasteiger partial charge in [0.15, 0.2) is 0 Å². The molecule has 2 amide bonds. The summed E-state index contributed by atoms with van der Waals surface area (Å²) in [7, 11) is 0. The molecule has 0 bridgehead atoms. The lowest BCUT2D eigenvalue weighted by molar-refractivity contribution is -0.140. The molecule has 172 valence electrons. The van der Waals surface area contributed by atoms with E-state index in [1.54, 1.807) is 0 Å². The van der Waals surface area contributed by atoms with E-state index >= 15 is 0 Å². The highest BCUT2D eigenvalue weighted by Crippen LogP contribution is 2.42. The number of halogens is 1. The van der Waals surface area contributed by atoms with E-state index in [4.69, 9.17) is 11.6 Å². The average Bonchev–Trinajstić information content (AvgIpc) is 3.18. The molecule has 31 heavy (non-hydrogen) atoms. The van der Waals surface area contributed by atoms with Crippen molar-refractivity contribution in [1.29, 1.82) is 0 Å². The average molecular weight is 449 g/mol. The number of benzene rings is 1. The molecule has 3 N–H and O–H groups in total. The number of hydrogen-bond acceptors (Lipinski definition) is 2. The third-order valence-electron chi connectivity index (χ3n) is 6.62. The summed E-state index contributed by atoms with van der Waals surface area (Å²) >= 11 is 6.05. The van der Waals surface area contributed by atoms with E-state index < -0.39 is 6.04 Å². The van der Waals surface area contributed by atoms with Crippen LogP contribution in [0.1, 0.15) is 64.9 Å². The van der Waals surface area contributed by atoms with Gasteiger partial charge in [-0.3, -0.25) is 9.59 Å². The number of hydrogen-bond donors (Lipinski definition) is 1. The first kappa shape index (κ1) is 25.4. The Bertz CT molecular complexity index is 788. The van der Waals surface area contributed by atoms with Gasteiger partial charge in [-0.2, -0.15) is 0 Å². The minimum absolute atomic E-state index is 0. The molecule has 1 saturated heterocycles. The summed E-state index contributed by atoms with van der Waals surface area (Å²) < 4.78 is 0. The summed E-state index contributed by atoms with van der Waals surface area (Å²) in [6.45, 7) is 9.85. The molecule has 6 heteroatoms. The Hall–Kier alpha value is -1.85. The van der Waals surface area contributed by atoms with Gasteiger partial charge in [-0.05, 0) is 60.1 Å². The molecule has 1 fully saturated rings. The lowest BCUT2D eigenvalue weighted by Crippen LogP contribution is -2.56. The minimum atomic E-state index is -0.467. The first-order chi connectivity index (χ1) is 14.2. The lowest BCUT2D eigenvalue weighted by Gasteiger charge is -2.45. The van der Waals surface area contributed by atoms with Crippen LogP contribution in [0, 0.1) is 17.3 Å². The molecule has 1 aromatic carbocycles. The first-order valence-corrected chi connectivity index (χ1v) is 11.6. The maximum atomic E-state index is 13.4. The molecule has 0 aromatic heterocycles. The Morgan fingerprint density at radius 2 is 1.87 bits per heavy atom. The van der Waals surface area contributed by atoms with E-state index in [0.717, 1.165) is 24.3 Å². The molecule has 1 aliphatic heterocycles. The van der Waals surface area contributed by atoms with Crippen LogP contribution in [0.15, 0.2) is 36.4 Å². The zero-order valence-corrected chi connectivity index (χ0v) is 19.9. The standard InChI is InChI=1S/C25H35ClN2O2.H2O/c1-17(2)23(27-22(29)15-18-7-5-6-8-18)24(30)28-14-13-21(25(3,4)16-28)19-9-11-20(26)12-10-19;/h5,7,9-12,17-18,21,23H,6,8,13-16H2,1-4H3,(H,27,29);1H2/t18?,21-,23-;/m1./s1. The highest BCUT2D eigenvalue weighted by atomic mass is 35.5. The van der Waals surface area contributed by atoms with Crippen LogP contribution in [0.25, 0.3) is 0 Å². The summed E-state index contributed by atoms with van der Waals surface area (Å²) in [4.78, 5) is 27.9. The number of allylic oxidation sites excluding steroid dienone is 2. The highest BCUT2D eigenvalue weighted by Gasteiger charge is 2.40. The smallest absolute Gasteiger partial charge is 0.245 e. The number of carbonyl (C=O) groups excluding carboxylic acids is 2. The molecule has 1 unspecified atom stereocenters. The van der Waals surface area contributed by atoms with Crippen molar-refractivity contribution in [3.63, 3.8) is 0 Å². The first-order valence-electron chi connectivity index (χ1n) is 11.2. The molecule has 3 rings (SSSR count). The van der Waals surface area contributed by atoms with Crippen molar-refractivity contribution >= 4 is 23.4 Å². The van der Waals surface area contributed by atoms with Gasteiger partial charge in [0, 0.05) is 24.5 Å². The number of carbonyl (C=O) groups is 2. The lowest BCUT2D eigenvalue weighted by atomic mass is 9.70. The Morgan fingerprint density at radius 1 is 1.19 bits per heavy atom. The maximum absolute atomic E-state index is 13.4. The van der Waals surface area contributed by atoms with Crippen molar-refractivity contribution in [2.24, 2.45) is 17.3 Å². The SMILES string of the molecule is CC(C)[C@@H](NC(=O)CC1C=CCC1)C(=O)N1CC[C@H](c2ccc(Cl)cc2)C(C)(C)C1.O. The largest absolute Gasteiger partial charge is 0.412 e. The molecule has 0 spiro atoms. The number of amides is 2. The Kier molecular flexibility index (Phi) is 8.73. The molecular formula is C25H37ClN2O3. The summed E-state index contributed by atoms with van der Waals surface area (Å²) in [5, 5.41) is 3.78. The van der Waals surface area contributed by atoms with Crippen LogP contribution in [0.4, 0.5) is 0 Å². The molecule has 1 heterocycles. The van der Waals surface area contributed by atoms with Crippen LogP contribution in [-0.2, 0) is 9.59 Å². The van der Waals surface area contributed by atoms with Gasteiger partial charge in [0.25, 0.3) is 0 Å². The number of nitrogens with zero attached hydrogens (tertiary/aromatic N) is 1. The summed E-state index contributed by atoms with van der Waals surface area (Å²) in [5.41, 5.74) is 1.22. The van der Waals surface area contributed by atoms with Crippen LogP contribution in [0.3, 0.4) is 0 Å². The molecule has 0 saturated carbocycles. The van der Waals surface area contributed by atoms with E-state index in [0.29, 0.717) is 31.3 Å². The van der Waals surface area contributed by atoms with Crippen LogP contribution < -0.4 is 5.32 Å². The van der Waals surface area contributed by atoms with Crippen molar-refractivity contribution in [3.05, 3.63) is 47.0 Å². The van der Waals surface area contributed by atoms with Gasteiger partial charge >= 0.3 is 0 Å². The molecule has 2 aliphatic rings. The van der Waals surface area contributed by atoms with Crippen LogP contribution in [-0.4, -0.2) is 41.3 Å². The maximum Gasteiger partial charge on any atom is 0.245 e. The van der Waals surface area contributed by atoms with Crippen molar-refractivity contribution < 1.29 is 15.1 Å². The van der Waals surface area contributed by atoms with E-state index in [1.807, 2.05) is 30.9 Å². The molecule has 3 atom stereocenters. The van der Waals surface area contributed by atoms with Crippen molar-refractivity contribution in [2.45, 2.75) is 65.3 Å². The van der Waals surface area contributed by atoms with Crippen LogP contribution in [0.5, 0.6) is 0 Å². The van der Waals surface area contributed by atoms with Gasteiger partial charge in [-0.15, -0.1) is 0 Å². The Labute approximate surface area is 191 Å². The summed E-state index contributed by atoms with van der Waals surface area (Å²) in [6.07, 6.45) is 7.71. The molecular weight excluding hydrogens is 412 g/mol. The number of rotatable bonds is 6. The molecule has 1 aliphatic carbocycles. The van der Waals surface area contributed by atoms with Gasteiger partial charge in [0.2, 0.25) is 11.8 Å². The second kappa shape index (κ2) is 10.6. The summed E-state index contributed by atoms with van der Waals surface area (Å²) in [6, 6.07) is 7.61. The molecule has 5 nitrogen and oxygen atoms in total. The fraction of sp³-hybridized carbons (Fsp3) is 0.600. The quantitative estimate of drug-likeness (QED) is 0.656. The number of nitrogens with one attached hydrogen (secondary N) is 1. The van der Waals surface area contributed by atoms with Crippen LogP contribution >= 0.6 is 11.6 Å². The van der Waals surface area contributed by atoms with Gasteiger partial charge in [0.1, 0.15) is 6.04 Å². The van der Waals surface area contributed by atoms with Crippen molar-refractivity contribution in [3.8, 4) is 0 Å². The topological polar surface area (TPSA) is 80.9 Å². The van der Waals surface area contributed by atoms with Crippen molar-refractivity contribution in [2.75, 3.05) is 13.1 Å². The monoisotopic (exact) mass is 448 g/mol. The highest BCUT2D eigenvalue weighted by molar-refractivity contribution is 6.30. The van der Waals surface area contributed by atoms with Gasteiger partial charge in [-0.1, -0.05) is 63.6 Å². The predicted molar refractivity (Wildman–Crippen MR) is 126 cm³/mol. The summed E-state index contributed by atoms with van der Waals surface area (Å²) in [5.74, 6) is 0.761. The van der Waals surface area contributed by atoms with E-state index in [-0.39, 0.29) is 28.6 Å². The van der Waals surface area contributed by atoms with Crippen LogP contribution in [0.2, 0.25) is 5.02 Å². The third-order valence-corrected chi connectivity index (χ3v) is 6.87. The van der Waals surface area contributed by atoms with Gasteiger partial charge in [-0.25, -0.2) is 0 Å². The van der Waals surface area contributed by atoms with Crippen molar-refractivity contribution in [1.82, 2.24) is 10.2 Å². The fourth-order valence-corrected chi connectivity index (χ4v) is 5.03. The van der Waals surface area contributed by atoms with E-state index in [1.165, 1.54) is 5.56 Å². The third kappa shape index (κ3) is 6.33. The van der Waals surface area contributed by atoms with E-state index in [9.17, 15) is 9.59 Å².